The van der Waals surface area contributed by atoms with Gasteiger partial charge >= 0.3 is 6.18 Å². The highest BCUT2D eigenvalue weighted by atomic mass is 32.1. The highest BCUT2D eigenvalue weighted by Gasteiger charge is 2.31. The predicted octanol–water partition coefficient (Wildman–Crippen LogP) is 3.68. The van der Waals surface area contributed by atoms with E-state index in [-0.39, 0.29) is 12.3 Å². The molecule has 1 aliphatic heterocycles. The number of hydrogen-bond donors (Lipinski definition) is 2. The number of carbonyl (C=O) groups excluding carboxylic acids is 2. The summed E-state index contributed by atoms with van der Waals surface area (Å²) in [6.07, 6.45) is 1.38. The van der Waals surface area contributed by atoms with Crippen LogP contribution in [0.4, 0.5) is 24.0 Å². The molecule has 0 unspecified atom stereocenters. The fourth-order valence-electron chi connectivity index (χ4n) is 4.53. The summed E-state index contributed by atoms with van der Waals surface area (Å²) in [5, 5.41) is 3.45. The second kappa shape index (κ2) is 10.3. The Kier molecular flexibility index (Phi) is 7.42. The van der Waals surface area contributed by atoms with Gasteiger partial charge in [-0.15, -0.1) is 11.3 Å². The maximum absolute atomic E-state index is 12.8. The Morgan fingerprint density at radius 2 is 1.88 bits per heavy atom. The number of carbonyl (C=O) groups is 2. The zero-order valence-corrected chi connectivity index (χ0v) is 19.6. The van der Waals surface area contributed by atoms with Crippen LogP contribution in [0.2, 0.25) is 0 Å². The number of alkyl halides is 3. The van der Waals surface area contributed by atoms with Crippen molar-refractivity contribution in [3.63, 3.8) is 0 Å². The SMILES string of the molecule is NC(=O)c1c(NC(=O)CCN2CCCN(c3ccc(C(F)(F)F)cn3)CC2)sc2c1CCCC2. The van der Waals surface area contributed by atoms with Crippen LogP contribution in [-0.2, 0) is 23.8 Å². The molecule has 34 heavy (non-hydrogen) atoms. The van der Waals surface area contributed by atoms with Crippen molar-refractivity contribution in [2.24, 2.45) is 5.73 Å². The molecule has 0 atom stereocenters. The third kappa shape index (κ3) is 5.69. The molecule has 2 amide bonds. The Labute approximate surface area is 200 Å². The molecular formula is C23H28F3N5O2S. The van der Waals surface area contributed by atoms with E-state index >= 15 is 0 Å². The first-order valence-corrected chi connectivity index (χ1v) is 12.3. The van der Waals surface area contributed by atoms with Gasteiger partial charge in [0.25, 0.3) is 5.91 Å². The minimum Gasteiger partial charge on any atom is -0.365 e. The average Bonchev–Trinajstić information content (AvgIpc) is 2.99. The summed E-state index contributed by atoms with van der Waals surface area (Å²) in [6.45, 7) is 3.31. The van der Waals surface area contributed by atoms with Gasteiger partial charge in [0.2, 0.25) is 5.91 Å². The second-order valence-corrected chi connectivity index (χ2v) is 9.77. The largest absolute Gasteiger partial charge is 0.417 e. The molecule has 1 aliphatic carbocycles. The number of nitrogens with one attached hydrogen (secondary N) is 1. The maximum atomic E-state index is 12.8. The number of amides is 2. The highest BCUT2D eigenvalue weighted by molar-refractivity contribution is 7.17. The molecule has 0 radical (unpaired) electrons. The number of nitrogens with two attached hydrogens (primary N) is 1. The predicted molar refractivity (Wildman–Crippen MR) is 125 cm³/mol. The molecule has 7 nitrogen and oxygen atoms in total. The van der Waals surface area contributed by atoms with Gasteiger partial charge in [0.15, 0.2) is 0 Å². The number of aromatic nitrogens is 1. The summed E-state index contributed by atoms with van der Waals surface area (Å²) in [5.41, 5.74) is 6.29. The number of rotatable bonds is 6. The number of halogens is 3. The van der Waals surface area contributed by atoms with Crippen molar-refractivity contribution >= 4 is 34.0 Å². The Balaban J connectivity index is 1.30. The minimum absolute atomic E-state index is 0.161. The molecule has 11 heteroatoms. The van der Waals surface area contributed by atoms with Crippen LogP contribution in [0.3, 0.4) is 0 Å². The molecular weight excluding hydrogens is 467 g/mol. The number of fused-ring (bicyclic) bond motifs is 1. The lowest BCUT2D eigenvalue weighted by Gasteiger charge is -2.23. The summed E-state index contributed by atoms with van der Waals surface area (Å²) in [6, 6.07) is 2.46. The van der Waals surface area contributed by atoms with Crippen molar-refractivity contribution < 1.29 is 22.8 Å². The normalized spacial score (nSPS) is 17.2. The topological polar surface area (TPSA) is 91.6 Å². The van der Waals surface area contributed by atoms with Crippen LogP contribution in [-0.4, -0.2) is 54.4 Å². The number of hydrogen-bond acceptors (Lipinski definition) is 6. The molecule has 0 spiro atoms. The van der Waals surface area contributed by atoms with E-state index in [2.05, 4.69) is 15.2 Å². The van der Waals surface area contributed by atoms with Crippen molar-refractivity contribution in [1.29, 1.82) is 0 Å². The number of nitrogens with zero attached hydrogens (tertiary/aromatic N) is 3. The zero-order valence-electron chi connectivity index (χ0n) is 18.8. The standard InChI is InChI=1S/C23H28F3N5O2S/c24-23(25,26)15-6-7-18(28-14-15)31-10-3-9-30(12-13-31)11-8-19(32)29-22-20(21(27)33)16-4-1-2-5-17(16)34-22/h6-7,14H,1-5,8-13H2,(H2,27,33)(H,29,32). The number of anilines is 2. The van der Waals surface area contributed by atoms with E-state index in [9.17, 15) is 22.8 Å². The Hall–Kier alpha value is -2.66. The van der Waals surface area contributed by atoms with E-state index in [1.807, 2.05) is 4.90 Å². The van der Waals surface area contributed by atoms with Gasteiger partial charge in [-0.05, 0) is 56.3 Å². The van der Waals surface area contributed by atoms with Gasteiger partial charge in [0.1, 0.15) is 10.8 Å². The van der Waals surface area contributed by atoms with Crippen LogP contribution >= 0.6 is 11.3 Å². The van der Waals surface area contributed by atoms with Crippen molar-refractivity contribution in [3.8, 4) is 0 Å². The third-order valence-corrected chi connectivity index (χ3v) is 7.52. The fourth-order valence-corrected chi connectivity index (χ4v) is 5.84. The molecule has 3 heterocycles. The fraction of sp³-hybridized carbons (Fsp3) is 0.522. The van der Waals surface area contributed by atoms with E-state index in [0.717, 1.165) is 61.4 Å². The van der Waals surface area contributed by atoms with Crippen LogP contribution in [0, 0.1) is 0 Å². The Morgan fingerprint density at radius 3 is 2.59 bits per heavy atom. The van der Waals surface area contributed by atoms with Gasteiger partial charge in [-0.25, -0.2) is 4.98 Å². The molecule has 1 fully saturated rings. The number of thiophene rings is 1. The van der Waals surface area contributed by atoms with E-state index in [1.165, 1.54) is 17.4 Å². The molecule has 0 aromatic carbocycles. The van der Waals surface area contributed by atoms with Gasteiger partial charge in [-0.2, -0.15) is 13.2 Å². The number of pyridine rings is 1. The quantitative estimate of drug-likeness (QED) is 0.638. The monoisotopic (exact) mass is 495 g/mol. The molecule has 1 saturated heterocycles. The molecule has 0 saturated carbocycles. The molecule has 2 aromatic rings. The first-order valence-electron chi connectivity index (χ1n) is 11.5. The summed E-state index contributed by atoms with van der Waals surface area (Å²) in [5.74, 6) is -0.140. The highest BCUT2D eigenvalue weighted by Crippen LogP contribution is 2.38. The van der Waals surface area contributed by atoms with Crippen molar-refractivity contribution in [2.45, 2.75) is 44.7 Å². The van der Waals surface area contributed by atoms with Gasteiger partial charge in [-0.3, -0.25) is 9.59 Å². The molecule has 0 bridgehead atoms. The maximum Gasteiger partial charge on any atom is 0.417 e. The van der Waals surface area contributed by atoms with Gasteiger partial charge < -0.3 is 20.9 Å². The van der Waals surface area contributed by atoms with Crippen LogP contribution in [0.15, 0.2) is 18.3 Å². The van der Waals surface area contributed by atoms with E-state index in [4.69, 9.17) is 5.73 Å². The molecule has 2 aromatic heterocycles. The lowest BCUT2D eigenvalue weighted by atomic mass is 9.95. The zero-order chi connectivity index (χ0) is 24.3. The lowest BCUT2D eigenvalue weighted by Crippen LogP contribution is -2.33. The van der Waals surface area contributed by atoms with Crippen molar-refractivity contribution in [2.75, 3.05) is 42.9 Å². The van der Waals surface area contributed by atoms with Crippen molar-refractivity contribution in [1.82, 2.24) is 9.88 Å². The van der Waals surface area contributed by atoms with Crippen LogP contribution in [0.25, 0.3) is 0 Å². The summed E-state index contributed by atoms with van der Waals surface area (Å²) < 4.78 is 38.3. The molecule has 2 aliphatic rings. The number of aryl methyl sites for hydroxylation is 1. The van der Waals surface area contributed by atoms with Gasteiger partial charge in [-0.1, -0.05) is 0 Å². The Bertz CT molecular complexity index is 1040. The third-order valence-electron chi connectivity index (χ3n) is 6.31. The Morgan fingerprint density at radius 1 is 1.09 bits per heavy atom. The van der Waals surface area contributed by atoms with E-state index in [1.54, 1.807) is 0 Å². The summed E-state index contributed by atoms with van der Waals surface area (Å²) >= 11 is 1.45. The first-order chi connectivity index (χ1) is 16.2. The van der Waals surface area contributed by atoms with Crippen LogP contribution in [0.1, 0.15) is 52.0 Å². The average molecular weight is 496 g/mol. The van der Waals surface area contributed by atoms with E-state index < -0.39 is 17.6 Å². The smallest absolute Gasteiger partial charge is 0.365 e. The van der Waals surface area contributed by atoms with E-state index in [0.29, 0.717) is 42.6 Å². The lowest BCUT2D eigenvalue weighted by molar-refractivity contribution is -0.137. The van der Waals surface area contributed by atoms with Crippen molar-refractivity contribution in [3.05, 3.63) is 39.9 Å². The summed E-state index contributed by atoms with van der Waals surface area (Å²) in [4.78, 5) is 33.9. The second-order valence-electron chi connectivity index (χ2n) is 8.66. The minimum atomic E-state index is -4.40. The number of primary amides is 1. The first kappa shape index (κ1) is 24.5. The molecule has 184 valence electrons. The van der Waals surface area contributed by atoms with Crippen LogP contribution in [0.5, 0.6) is 0 Å². The molecule has 3 N–H and O–H groups in total. The molecule has 4 rings (SSSR count). The summed E-state index contributed by atoms with van der Waals surface area (Å²) in [7, 11) is 0. The van der Waals surface area contributed by atoms with Gasteiger partial charge in [0, 0.05) is 43.7 Å². The van der Waals surface area contributed by atoms with Crippen LogP contribution < -0.4 is 16.0 Å². The van der Waals surface area contributed by atoms with Gasteiger partial charge in [0.05, 0.1) is 11.1 Å².